The highest BCUT2D eigenvalue weighted by molar-refractivity contribution is 6.30. The third-order valence-electron chi connectivity index (χ3n) is 5.18. The number of rotatable bonds is 2. The Morgan fingerprint density at radius 1 is 1.44 bits per heavy atom. The third-order valence-corrected chi connectivity index (χ3v) is 5.41. The van der Waals surface area contributed by atoms with Crippen molar-refractivity contribution in [1.29, 1.82) is 0 Å². The van der Waals surface area contributed by atoms with E-state index in [1.165, 1.54) is 4.68 Å². The molecule has 2 aliphatic rings. The summed E-state index contributed by atoms with van der Waals surface area (Å²) in [6.45, 7) is 0.823. The standard InChI is InChI=1S/C18H21ClN4O2/c19-11-1-3-15-13(8-11)10(5-6-21-15)7-17(25)23-18(20)14-9-12(24)2-4-16(14)22-23/h1,3,8,10,12,21,24H,2,4-7,9,20H2/t10?,12-/m0/s1. The quantitative estimate of drug-likeness (QED) is 0.765. The number of benzene rings is 1. The number of anilines is 2. The van der Waals surface area contributed by atoms with Crippen molar-refractivity contribution < 1.29 is 9.90 Å². The smallest absolute Gasteiger partial charge is 0.249 e. The van der Waals surface area contributed by atoms with Crippen LogP contribution >= 0.6 is 11.6 Å². The van der Waals surface area contributed by atoms with Gasteiger partial charge in [-0.15, -0.1) is 0 Å². The molecule has 0 amide bonds. The molecular weight excluding hydrogens is 340 g/mol. The van der Waals surface area contributed by atoms with Crippen LogP contribution in [0, 0.1) is 0 Å². The number of aliphatic hydroxyl groups is 1. The second kappa shape index (κ2) is 6.35. The van der Waals surface area contributed by atoms with Crippen LogP contribution in [0.15, 0.2) is 18.2 Å². The van der Waals surface area contributed by atoms with Crippen LogP contribution in [0.2, 0.25) is 5.02 Å². The summed E-state index contributed by atoms with van der Waals surface area (Å²) in [5, 5.41) is 18.3. The molecule has 0 bridgehead atoms. The Morgan fingerprint density at radius 3 is 3.12 bits per heavy atom. The predicted molar refractivity (Wildman–Crippen MR) is 97.2 cm³/mol. The van der Waals surface area contributed by atoms with Crippen molar-refractivity contribution in [2.45, 2.75) is 44.1 Å². The van der Waals surface area contributed by atoms with Gasteiger partial charge in [-0.2, -0.15) is 9.78 Å². The number of hydrogen-bond donors (Lipinski definition) is 3. The van der Waals surface area contributed by atoms with E-state index in [0.717, 1.165) is 35.5 Å². The number of fused-ring (bicyclic) bond motifs is 2. The zero-order chi connectivity index (χ0) is 17.6. The first-order valence-corrected chi connectivity index (χ1v) is 9.01. The third kappa shape index (κ3) is 3.00. The Morgan fingerprint density at radius 2 is 2.28 bits per heavy atom. The number of nitrogens with one attached hydrogen (secondary N) is 1. The summed E-state index contributed by atoms with van der Waals surface area (Å²) in [6, 6.07) is 5.73. The first-order valence-electron chi connectivity index (χ1n) is 8.63. The zero-order valence-corrected chi connectivity index (χ0v) is 14.6. The van der Waals surface area contributed by atoms with E-state index < -0.39 is 6.10 Å². The molecule has 0 saturated heterocycles. The van der Waals surface area contributed by atoms with Gasteiger partial charge in [0.05, 0.1) is 11.8 Å². The molecule has 25 heavy (non-hydrogen) atoms. The van der Waals surface area contributed by atoms with Crippen LogP contribution < -0.4 is 11.1 Å². The molecule has 2 atom stereocenters. The Bertz CT molecular complexity index is 833. The van der Waals surface area contributed by atoms with Crippen LogP contribution in [0.25, 0.3) is 0 Å². The lowest BCUT2D eigenvalue weighted by atomic mass is 9.88. The van der Waals surface area contributed by atoms with E-state index in [2.05, 4.69) is 10.4 Å². The summed E-state index contributed by atoms with van der Waals surface area (Å²) in [5.41, 5.74) is 9.90. The maximum Gasteiger partial charge on any atom is 0.249 e. The fourth-order valence-corrected chi connectivity index (χ4v) is 4.02. The van der Waals surface area contributed by atoms with Gasteiger partial charge in [-0.25, -0.2) is 0 Å². The molecule has 2 aromatic rings. The first-order chi connectivity index (χ1) is 12.0. The summed E-state index contributed by atoms with van der Waals surface area (Å²) in [4.78, 5) is 12.8. The van der Waals surface area contributed by atoms with Crippen LogP contribution in [0.5, 0.6) is 0 Å². The summed E-state index contributed by atoms with van der Waals surface area (Å²) >= 11 is 6.13. The second-order valence-corrected chi connectivity index (χ2v) is 7.30. The molecule has 1 aliphatic carbocycles. The Balaban J connectivity index is 1.59. The average molecular weight is 361 g/mol. The van der Waals surface area contributed by atoms with Crippen molar-refractivity contribution in [3.8, 4) is 0 Å². The molecule has 6 nitrogen and oxygen atoms in total. The number of carbonyl (C=O) groups is 1. The second-order valence-electron chi connectivity index (χ2n) is 6.86. The SMILES string of the molecule is Nc1c2c(nn1C(=O)CC1CCNc3ccc(Cl)cc31)CC[C@H](O)C2. The molecule has 0 saturated carbocycles. The fraction of sp³-hybridized carbons (Fsp3) is 0.444. The molecule has 4 rings (SSSR count). The topological polar surface area (TPSA) is 93.2 Å². The van der Waals surface area contributed by atoms with Gasteiger partial charge in [-0.05, 0) is 48.9 Å². The Labute approximate surface area is 151 Å². The number of nitrogens with two attached hydrogens (primary N) is 1. The molecule has 1 aromatic heterocycles. The maximum atomic E-state index is 12.8. The molecule has 0 radical (unpaired) electrons. The average Bonchev–Trinajstić information content (AvgIpc) is 2.92. The van der Waals surface area contributed by atoms with Gasteiger partial charge in [0, 0.05) is 35.7 Å². The number of nitrogens with zero attached hydrogens (tertiary/aromatic N) is 2. The van der Waals surface area contributed by atoms with Crippen LogP contribution in [-0.4, -0.2) is 33.4 Å². The minimum Gasteiger partial charge on any atom is -0.393 e. The highest BCUT2D eigenvalue weighted by Crippen LogP contribution is 2.36. The van der Waals surface area contributed by atoms with Crippen LogP contribution in [-0.2, 0) is 12.8 Å². The lowest BCUT2D eigenvalue weighted by Crippen LogP contribution is -2.23. The van der Waals surface area contributed by atoms with Gasteiger partial charge in [0.25, 0.3) is 0 Å². The van der Waals surface area contributed by atoms with Gasteiger partial charge < -0.3 is 16.2 Å². The van der Waals surface area contributed by atoms with Gasteiger partial charge in [-0.3, -0.25) is 4.79 Å². The highest BCUT2D eigenvalue weighted by atomic mass is 35.5. The van der Waals surface area contributed by atoms with Gasteiger partial charge >= 0.3 is 0 Å². The van der Waals surface area contributed by atoms with Gasteiger partial charge in [-0.1, -0.05) is 11.6 Å². The Hall–Kier alpha value is -2.05. The van der Waals surface area contributed by atoms with E-state index >= 15 is 0 Å². The lowest BCUT2D eigenvalue weighted by molar-refractivity contribution is 0.0878. The summed E-state index contributed by atoms with van der Waals surface area (Å²) in [5.74, 6) is 0.354. The molecule has 1 aromatic carbocycles. The molecule has 1 unspecified atom stereocenters. The van der Waals surface area contributed by atoms with Crippen LogP contribution in [0.1, 0.15) is 46.8 Å². The number of hydrogen-bond acceptors (Lipinski definition) is 5. The molecule has 0 spiro atoms. The number of aliphatic hydroxyl groups excluding tert-OH is 1. The van der Waals surface area contributed by atoms with Gasteiger partial charge in [0.2, 0.25) is 5.91 Å². The van der Waals surface area contributed by atoms with Crippen molar-refractivity contribution in [2.24, 2.45) is 0 Å². The largest absolute Gasteiger partial charge is 0.393 e. The normalized spacial score (nSPS) is 22.0. The maximum absolute atomic E-state index is 12.8. The van der Waals surface area contributed by atoms with E-state index in [9.17, 15) is 9.90 Å². The van der Waals surface area contributed by atoms with E-state index in [1.54, 1.807) is 0 Å². The number of aromatic nitrogens is 2. The van der Waals surface area contributed by atoms with E-state index in [-0.39, 0.29) is 11.8 Å². The first kappa shape index (κ1) is 16.4. The van der Waals surface area contributed by atoms with Crippen molar-refractivity contribution in [1.82, 2.24) is 9.78 Å². The fourth-order valence-electron chi connectivity index (χ4n) is 3.84. The molecule has 1 aliphatic heterocycles. The van der Waals surface area contributed by atoms with E-state index in [1.807, 2.05) is 18.2 Å². The number of carbonyl (C=O) groups excluding carboxylic acids is 1. The molecule has 132 valence electrons. The lowest BCUT2D eigenvalue weighted by Gasteiger charge is -2.26. The summed E-state index contributed by atoms with van der Waals surface area (Å²) < 4.78 is 1.33. The van der Waals surface area contributed by atoms with Gasteiger partial charge in [0.15, 0.2) is 0 Å². The minimum atomic E-state index is -0.402. The highest BCUT2D eigenvalue weighted by Gasteiger charge is 2.28. The number of halogens is 1. The summed E-state index contributed by atoms with van der Waals surface area (Å²) in [6.07, 6.45) is 2.59. The molecular formula is C18H21ClN4O2. The van der Waals surface area contributed by atoms with Crippen LogP contribution in [0.3, 0.4) is 0 Å². The predicted octanol–water partition coefficient (Wildman–Crippen LogP) is 2.60. The molecule has 4 N–H and O–H groups in total. The van der Waals surface area contributed by atoms with Gasteiger partial charge in [0.1, 0.15) is 5.82 Å². The molecule has 7 heteroatoms. The van der Waals surface area contributed by atoms with E-state index in [4.69, 9.17) is 17.3 Å². The molecule has 0 fully saturated rings. The van der Waals surface area contributed by atoms with Crippen molar-refractivity contribution >= 4 is 29.0 Å². The number of aryl methyl sites for hydroxylation is 1. The summed E-state index contributed by atoms with van der Waals surface area (Å²) in [7, 11) is 0. The van der Waals surface area contributed by atoms with Crippen molar-refractivity contribution in [3.05, 3.63) is 40.0 Å². The zero-order valence-electron chi connectivity index (χ0n) is 13.8. The Kier molecular flexibility index (Phi) is 4.17. The van der Waals surface area contributed by atoms with Crippen molar-refractivity contribution in [2.75, 3.05) is 17.6 Å². The monoisotopic (exact) mass is 360 g/mol. The van der Waals surface area contributed by atoms with Crippen molar-refractivity contribution in [3.63, 3.8) is 0 Å². The number of nitrogen functional groups attached to an aromatic ring is 1. The van der Waals surface area contributed by atoms with Crippen LogP contribution in [0.4, 0.5) is 11.5 Å². The van der Waals surface area contributed by atoms with E-state index in [0.29, 0.717) is 36.5 Å². The minimum absolute atomic E-state index is 0.0914. The molecule has 2 heterocycles.